The minimum Gasteiger partial charge on any atom is -0.497 e. The number of benzene rings is 2. The lowest BCUT2D eigenvalue weighted by Gasteiger charge is -2.08. The van der Waals surface area contributed by atoms with Crippen molar-refractivity contribution in [2.45, 2.75) is 26.3 Å². The minimum absolute atomic E-state index is 0.240. The second-order valence-corrected chi connectivity index (χ2v) is 7.11. The predicted octanol–water partition coefficient (Wildman–Crippen LogP) is 4.75. The highest BCUT2D eigenvalue weighted by Crippen LogP contribution is 2.29. The number of methoxy groups -OCH3 is 1. The fourth-order valence-electron chi connectivity index (χ4n) is 2.41. The monoisotopic (exact) mass is 355 g/mol. The molecule has 0 atom stereocenters. The first kappa shape index (κ1) is 17.2. The number of hydrogen-bond donors (Lipinski definition) is 2. The summed E-state index contributed by atoms with van der Waals surface area (Å²) in [6, 6.07) is 13.2. The van der Waals surface area contributed by atoms with Gasteiger partial charge in [-0.2, -0.15) is 0 Å². The Morgan fingerprint density at radius 3 is 2.84 bits per heavy atom. The van der Waals surface area contributed by atoms with Crippen LogP contribution in [-0.4, -0.2) is 18.1 Å². The fraction of sp³-hybridized carbons (Fsp3) is 0.263. The Morgan fingerprint density at radius 2 is 2.08 bits per heavy atom. The Balaban J connectivity index is 1.63. The third-order valence-electron chi connectivity index (χ3n) is 3.74. The molecular formula is C19H21N3O2S. The van der Waals surface area contributed by atoms with Gasteiger partial charge in [0, 0.05) is 18.2 Å². The molecule has 0 saturated carbocycles. The molecular weight excluding hydrogens is 334 g/mol. The molecule has 0 unspecified atom stereocenters. The van der Waals surface area contributed by atoms with Crippen LogP contribution in [-0.2, 0) is 6.54 Å². The molecule has 6 heteroatoms. The molecule has 0 fully saturated rings. The number of carbonyl (C=O) groups excluding carboxylic acids is 1. The van der Waals surface area contributed by atoms with Gasteiger partial charge in [-0.05, 0) is 35.9 Å². The summed E-state index contributed by atoms with van der Waals surface area (Å²) in [5.41, 5.74) is 2.71. The summed E-state index contributed by atoms with van der Waals surface area (Å²) in [6.45, 7) is 4.69. The van der Waals surface area contributed by atoms with Gasteiger partial charge < -0.3 is 15.4 Å². The maximum Gasteiger partial charge on any atom is 0.319 e. The fourth-order valence-corrected chi connectivity index (χ4v) is 3.42. The third kappa shape index (κ3) is 4.28. The summed E-state index contributed by atoms with van der Waals surface area (Å²) >= 11 is 1.66. The average molecular weight is 355 g/mol. The van der Waals surface area contributed by atoms with Gasteiger partial charge in [0.1, 0.15) is 5.75 Å². The molecule has 0 aliphatic rings. The second kappa shape index (κ2) is 7.53. The quantitative estimate of drug-likeness (QED) is 0.694. The van der Waals surface area contributed by atoms with Crippen LogP contribution in [0.25, 0.3) is 10.2 Å². The van der Waals surface area contributed by atoms with E-state index in [0.717, 1.165) is 32.2 Å². The minimum atomic E-state index is -0.240. The van der Waals surface area contributed by atoms with E-state index >= 15 is 0 Å². The van der Waals surface area contributed by atoms with E-state index in [4.69, 9.17) is 4.74 Å². The topological polar surface area (TPSA) is 63.2 Å². The Bertz CT molecular complexity index is 889. The van der Waals surface area contributed by atoms with Gasteiger partial charge in [0.05, 0.1) is 22.3 Å². The summed E-state index contributed by atoms with van der Waals surface area (Å²) in [7, 11) is 1.62. The molecule has 2 amide bonds. The van der Waals surface area contributed by atoms with Crippen LogP contribution in [0.4, 0.5) is 10.5 Å². The molecule has 3 rings (SSSR count). The number of urea groups is 1. The van der Waals surface area contributed by atoms with E-state index < -0.39 is 0 Å². The summed E-state index contributed by atoms with van der Waals surface area (Å²) in [5, 5.41) is 6.83. The van der Waals surface area contributed by atoms with Gasteiger partial charge in [-0.15, -0.1) is 11.3 Å². The van der Waals surface area contributed by atoms with E-state index in [1.165, 1.54) is 0 Å². The van der Waals surface area contributed by atoms with E-state index in [1.54, 1.807) is 18.4 Å². The Morgan fingerprint density at radius 1 is 1.24 bits per heavy atom. The van der Waals surface area contributed by atoms with Crippen molar-refractivity contribution in [2.75, 3.05) is 12.4 Å². The standard InChI is InChI=1S/C19H21N3O2S/c1-12(2)18-22-16-8-7-14(10-17(16)25-18)21-19(23)20-11-13-5-4-6-15(9-13)24-3/h4-10,12H,11H2,1-3H3,(H2,20,21,23). The van der Waals surface area contributed by atoms with Crippen LogP contribution in [0.2, 0.25) is 0 Å². The summed E-state index contributed by atoms with van der Waals surface area (Å²) in [4.78, 5) is 16.7. The molecule has 0 aliphatic carbocycles. The lowest BCUT2D eigenvalue weighted by Crippen LogP contribution is -2.28. The van der Waals surface area contributed by atoms with Crippen LogP contribution in [0.5, 0.6) is 5.75 Å². The first-order valence-corrected chi connectivity index (χ1v) is 8.95. The number of carbonyl (C=O) groups is 1. The van der Waals surface area contributed by atoms with Crippen molar-refractivity contribution in [3.8, 4) is 5.75 Å². The van der Waals surface area contributed by atoms with Crippen LogP contribution >= 0.6 is 11.3 Å². The first-order valence-electron chi connectivity index (χ1n) is 8.13. The smallest absolute Gasteiger partial charge is 0.319 e. The van der Waals surface area contributed by atoms with Crippen LogP contribution in [0, 0.1) is 0 Å². The number of rotatable bonds is 5. The second-order valence-electron chi connectivity index (χ2n) is 6.05. The molecule has 130 valence electrons. The summed E-state index contributed by atoms with van der Waals surface area (Å²) in [5.74, 6) is 1.18. The molecule has 0 radical (unpaired) electrons. The highest BCUT2D eigenvalue weighted by atomic mass is 32.1. The van der Waals surface area contributed by atoms with Gasteiger partial charge in [-0.3, -0.25) is 0 Å². The number of thiazole rings is 1. The number of aromatic nitrogens is 1. The molecule has 1 aromatic heterocycles. The van der Waals surface area contributed by atoms with Crippen molar-refractivity contribution >= 4 is 33.3 Å². The normalized spacial score (nSPS) is 10.9. The van der Waals surface area contributed by atoms with Gasteiger partial charge in [0.2, 0.25) is 0 Å². The van der Waals surface area contributed by atoms with E-state index in [2.05, 4.69) is 29.5 Å². The highest BCUT2D eigenvalue weighted by molar-refractivity contribution is 7.18. The van der Waals surface area contributed by atoms with Crippen molar-refractivity contribution < 1.29 is 9.53 Å². The van der Waals surface area contributed by atoms with E-state index in [-0.39, 0.29) is 6.03 Å². The largest absolute Gasteiger partial charge is 0.497 e. The zero-order valence-electron chi connectivity index (χ0n) is 14.5. The van der Waals surface area contributed by atoms with Crippen LogP contribution in [0.1, 0.15) is 30.3 Å². The summed E-state index contributed by atoms with van der Waals surface area (Å²) in [6.07, 6.45) is 0. The Labute approximate surface area is 151 Å². The molecule has 1 heterocycles. The number of anilines is 1. The molecule has 0 bridgehead atoms. The number of nitrogens with one attached hydrogen (secondary N) is 2. The zero-order chi connectivity index (χ0) is 17.8. The number of nitrogens with zero attached hydrogens (tertiary/aromatic N) is 1. The first-order chi connectivity index (χ1) is 12.0. The number of hydrogen-bond acceptors (Lipinski definition) is 4. The molecule has 0 spiro atoms. The Hall–Kier alpha value is -2.60. The zero-order valence-corrected chi connectivity index (χ0v) is 15.3. The van der Waals surface area contributed by atoms with Gasteiger partial charge in [0.15, 0.2) is 0 Å². The lowest BCUT2D eigenvalue weighted by atomic mass is 10.2. The Kier molecular flexibility index (Phi) is 5.19. The maximum absolute atomic E-state index is 12.1. The summed E-state index contributed by atoms with van der Waals surface area (Å²) < 4.78 is 6.26. The van der Waals surface area contributed by atoms with Gasteiger partial charge in [-0.1, -0.05) is 26.0 Å². The van der Waals surface area contributed by atoms with E-state index in [0.29, 0.717) is 12.5 Å². The SMILES string of the molecule is COc1cccc(CNC(=O)Nc2ccc3nc(C(C)C)sc3c2)c1. The van der Waals surface area contributed by atoms with Crippen molar-refractivity contribution in [1.29, 1.82) is 0 Å². The van der Waals surface area contributed by atoms with Crippen molar-refractivity contribution in [3.05, 3.63) is 53.0 Å². The van der Waals surface area contributed by atoms with Crippen molar-refractivity contribution in [3.63, 3.8) is 0 Å². The molecule has 0 saturated heterocycles. The van der Waals surface area contributed by atoms with Crippen LogP contribution in [0.3, 0.4) is 0 Å². The van der Waals surface area contributed by atoms with Gasteiger partial charge in [-0.25, -0.2) is 9.78 Å². The molecule has 3 aromatic rings. The molecule has 2 aromatic carbocycles. The number of fused-ring (bicyclic) bond motifs is 1. The maximum atomic E-state index is 12.1. The van der Waals surface area contributed by atoms with Gasteiger partial charge in [0.25, 0.3) is 0 Å². The molecule has 2 N–H and O–H groups in total. The van der Waals surface area contributed by atoms with E-state index in [9.17, 15) is 4.79 Å². The highest BCUT2D eigenvalue weighted by Gasteiger charge is 2.09. The third-order valence-corrected chi connectivity index (χ3v) is 5.06. The van der Waals surface area contributed by atoms with E-state index in [1.807, 2.05) is 42.5 Å². The average Bonchev–Trinajstić information content (AvgIpc) is 3.04. The number of amides is 2. The molecule has 5 nitrogen and oxygen atoms in total. The number of ether oxygens (including phenoxy) is 1. The van der Waals surface area contributed by atoms with Crippen molar-refractivity contribution in [1.82, 2.24) is 10.3 Å². The van der Waals surface area contributed by atoms with Gasteiger partial charge >= 0.3 is 6.03 Å². The predicted molar refractivity (Wildman–Crippen MR) is 103 cm³/mol. The molecule has 25 heavy (non-hydrogen) atoms. The van der Waals surface area contributed by atoms with Crippen LogP contribution < -0.4 is 15.4 Å². The van der Waals surface area contributed by atoms with Crippen molar-refractivity contribution in [2.24, 2.45) is 0 Å². The lowest BCUT2D eigenvalue weighted by molar-refractivity contribution is 0.251. The van der Waals surface area contributed by atoms with Crippen LogP contribution in [0.15, 0.2) is 42.5 Å². The molecule has 0 aliphatic heterocycles.